The molecule has 0 saturated heterocycles. The van der Waals surface area contributed by atoms with Crippen molar-refractivity contribution in [3.8, 4) is 0 Å². The van der Waals surface area contributed by atoms with Crippen molar-refractivity contribution >= 4 is 11.9 Å². The van der Waals surface area contributed by atoms with E-state index < -0.39 is 24.1 Å². The molecule has 0 radical (unpaired) electrons. The van der Waals surface area contributed by atoms with Gasteiger partial charge in [-0.05, 0) is 25.0 Å². The van der Waals surface area contributed by atoms with E-state index in [9.17, 15) is 19.8 Å². The molecule has 0 aliphatic heterocycles. The summed E-state index contributed by atoms with van der Waals surface area (Å²) in [5.74, 6) is -1.38. The third kappa shape index (κ3) is 6.68. The Morgan fingerprint density at radius 3 is 1.58 bits per heavy atom. The normalized spacial score (nSPS) is 13.2. The van der Waals surface area contributed by atoms with Crippen LogP contribution in [0.15, 0.2) is 24.3 Å². The molecule has 2 unspecified atom stereocenters. The van der Waals surface area contributed by atoms with Gasteiger partial charge in [-0.2, -0.15) is 0 Å². The minimum Gasteiger partial charge on any atom is -0.459 e. The van der Waals surface area contributed by atoms with Crippen LogP contribution in [0.5, 0.6) is 0 Å². The van der Waals surface area contributed by atoms with Crippen LogP contribution in [0.1, 0.15) is 60.2 Å². The molecule has 0 heterocycles. The molecule has 24 heavy (non-hydrogen) atoms. The Morgan fingerprint density at radius 2 is 1.25 bits per heavy atom. The Hall–Kier alpha value is -1.92. The van der Waals surface area contributed by atoms with Gasteiger partial charge in [-0.1, -0.05) is 38.8 Å². The van der Waals surface area contributed by atoms with Crippen molar-refractivity contribution in [3.05, 3.63) is 35.4 Å². The molecule has 0 aromatic heterocycles. The molecule has 0 aliphatic rings. The Bertz CT molecular complexity index is 481. The summed E-state index contributed by atoms with van der Waals surface area (Å²) in [5.41, 5.74) is 0.160. The van der Waals surface area contributed by atoms with Crippen LogP contribution in [0, 0.1) is 0 Å². The lowest BCUT2D eigenvalue weighted by molar-refractivity contribution is 0.0201. The standard InChI is InChI=1S/C18H26O6/c1-3-7-13(19)11-23-17(21)15-9-5-6-10-16(15)18(22)24-12-14(20)8-4-2/h5-6,9-10,13-14,19-20H,3-4,7-8,11-12H2,1-2H3. The number of rotatable bonds is 10. The second-order valence-corrected chi connectivity index (χ2v) is 5.63. The van der Waals surface area contributed by atoms with Gasteiger partial charge in [-0.15, -0.1) is 0 Å². The molecule has 2 N–H and O–H groups in total. The first-order valence-corrected chi connectivity index (χ1v) is 8.28. The smallest absolute Gasteiger partial charge is 0.339 e. The largest absolute Gasteiger partial charge is 0.459 e. The Morgan fingerprint density at radius 1 is 0.875 bits per heavy atom. The molecule has 1 rings (SSSR count). The summed E-state index contributed by atoms with van der Waals surface area (Å²) in [6, 6.07) is 6.16. The van der Waals surface area contributed by atoms with Crippen molar-refractivity contribution in [2.24, 2.45) is 0 Å². The fraction of sp³-hybridized carbons (Fsp3) is 0.556. The average molecular weight is 338 g/mol. The van der Waals surface area contributed by atoms with Crippen molar-refractivity contribution in [2.75, 3.05) is 13.2 Å². The zero-order valence-corrected chi connectivity index (χ0v) is 14.2. The molecule has 0 bridgehead atoms. The third-order valence-corrected chi connectivity index (χ3v) is 3.42. The highest BCUT2D eigenvalue weighted by atomic mass is 16.5. The lowest BCUT2D eigenvalue weighted by Crippen LogP contribution is -2.22. The van der Waals surface area contributed by atoms with Crippen molar-refractivity contribution in [1.82, 2.24) is 0 Å². The molecule has 1 aromatic carbocycles. The maximum atomic E-state index is 12.1. The number of aliphatic hydroxyl groups excluding tert-OH is 2. The highest BCUT2D eigenvalue weighted by Crippen LogP contribution is 2.13. The average Bonchev–Trinajstić information content (AvgIpc) is 2.58. The molecular formula is C18H26O6. The quantitative estimate of drug-likeness (QED) is 0.636. The van der Waals surface area contributed by atoms with Crippen molar-refractivity contribution in [2.45, 2.75) is 51.7 Å². The van der Waals surface area contributed by atoms with Gasteiger partial charge in [0.15, 0.2) is 0 Å². The van der Waals surface area contributed by atoms with Gasteiger partial charge in [0.05, 0.1) is 23.3 Å². The monoisotopic (exact) mass is 338 g/mol. The first-order chi connectivity index (χ1) is 11.5. The van der Waals surface area contributed by atoms with Crippen LogP contribution in [0.25, 0.3) is 0 Å². The lowest BCUT2D eigenvalue weighted by Gasteiger charge is -2.13. The van der Waals surface area contributed by atoms with E-state index in [0.29, 0.717) is 12.8 Å². The zero-order chi connectivity index (χ0) is 17.9. The van der Waals surface area contributed by atoms with Gasteiger partial charge in [0, 0.05) is 0 Å². The van der Waals surface area contributed by atoms with E-state index in [2.05, 4.69) is 0 Å². The topological polar surface area (TPSA) is 93.1 Å². The highest BCUT2D eigenvalue weighted by molar-refractivity contribution is 6.03. The molecule has 0 saturated carbocycles. The van der Waals surface area contributed by atoms with E-state index >= 15 is 0 Å². The van der Waals surface area contributed by atoms with E-state index in [-0.39, 0.29) is 24.3 Å². The number of hydrogen-bond acceptors (Lipinski definition) is 6. The molecule has 6 heteroatoms. The second kappa shape index (κ2) is 10.8. The fourth-order valence-corrected chi connectivity index (χ4v) is 2.17. The maximum Gasteiger partial charge on any atom is 0.339 e. The fourth-order valence-electron chi connectivity index (χ4n) is 2.17. The van der Waals surface area contributed by atoms with Crippen LogP contribution in [0.4, 0.5) is 0 Å². The van der Waals surface area contributed by atoms with E-state index in [4.69, 9.17) is 9.47 Å². The third-order valence-electron chi connectivity index (χ3n) is 3.42. The van der Waals surface area contributed by atoms with Gasteiger partial charge < -0.3 is 19.7 Å². The summed E-state index contributed by atoms with van der Waals surface area (Å²) in [7, 11) is 0. The van der Waals surface area contributed by atoms with Crippen LogP contribution in [0.3, 0.4) is 0 Å². The van der Waals surface area contributed by atoms with Crippen molar-refractivity contribution < 1.29 is 29.3 Å². The van der Waals surface area contributed by atoms with Crippen LogP contribution in [-0.4, -0.2) is 47.6 Å². The molecule has 0 spiro atoms. The molecular weight excluding hydrogens is 312 g/mol. The lowest BCUT2D eigenvalue weighted by atomic mass is 10.1. The molecule has 0 amide bonds. The Kier molecular flexibility index (Phi) is 9.04. The minimum absolute atomic E-state index is 0.0798. The summed E-state index contributed by atoms with van der Waals surface area (Å²) in [4.78, 5) is 24.3. The number of carbonyl (C=O) groups is 2. The number of benzene rings is 1. The first kappa shape index (κ1) is 20.1. The number of ether oxygens (including phenoxy) is 2. The van der Waals surface area contributed by atoms with Gasteiger partial charge in [0.2, 0.25) is 0 Å². The molecule has 6 nitrogen and oxygen atoms in total. The number of esters is 2. The molecule has 0 aliphatic carbocycles. The zero-order valence-electron chi connectivity index (χ0n) is 14.2. The van der Waals surface area contributed by atoms with Crippen LogP contribution in [0.2, 0.25) is 0 Å². The summed E-state index contributed by atoms with van der Waals surface area (Å²) in [6.07, 6.45) is 1.19. The molecule has 2 atom stereocenters. The van der Waals surface area contributed by atoms with Crippen molar-refractivity contribution in [3.63, 3.8) is 0 Å². The van der Waals surface area contributed by atoms with E-state index in [0.717, 1.165) is 12.8 Å². The summed E-state index contributed by atoms with van der Waals surface area (Å²) < 4.78 is 10.1. The van der Waals surface area contributed by atoms with Crippen LogP contribution < -0.4 is 0 Å². The Labute approximate surface area is 142 Å². The SMILES string of the molecule is CCCC(O)COC(=O)c1ccccc1C(=O)OCC(O)CCC. The predicted octanol–water partition coefficient (Wildman–Crippen LogP) is 2.32. The maximum absolute atomic E-state index is 12.1. The summed E-state index contributed by atoms with van der Waals surface area (Å²) in [6.45, 7) is 3.60. The number of aliphatic hydroxyl groups is 2. The van der Waals surface area contributed by atoms with E-state index in [1.54, 1.807) is 12.1 Å². The van der Waals surface area contributed by atoms with Crippen molar-refractivity contribution in [1.29, 1.82) is 0 Å². The van der Waals surface area contributed by atoms with Gasteiger partial charge in [0.1, 0.15) is 13.2 Å². The molecule has 0 fully saturated rings. The summed E-state index contributed by atoms with van der Waals surface area (Å²) >= 11 is 0. The molecule has 134 valence electrons. The van der Waals surface area contributed by atoms with E-state index in [1.165, 1.54) is 12.1 Å². The van der Waals surface area contributed by atoms with Gasteiger partial charge >= 0.3 is 11.9 Å². The minimum atomic E-state index is -0.720. The summed E-state index contributed by atoms with van der Waals surface area (Å²) in [5, 5.41) is 19.2. The second-order valence-electron chi connectivity index (χ2n) is 5.63. The highest BCUT2D eigenvalue weighted by Gasteiger charge is 2.20. The number of hydrogen-bond donors (Lipinski definition) is 2. The van der Waals surface area contributed by atoms with E-state index in [1.807, 2.05) is 13.8 Å². The Balaban J connectivity index is 2.69. The number of carbonyl (C=O) groups excluding carboxylic acids is 2. The van der Waals surface area contributed by atoms with Gasteiger partial charge in [-0.25, -0.2) is 9.59 Å². The first-order valence-electron chi connectivity index (χ1n) is 8.28. The van der Waals surface area contributed by atoms with Crippen LogP contribution >= 0.6 is 0 Å². The van der Waals surface area contributed by atoms with Crippen LogP contribution in [-0.2, 0) is 9.47 Å². The van der Waals surface area contributed by atoms with Gasteiger partial charge in [-0.3, -0.25) is 0 Å². The predicted molar refractivity (Wildman–Crippen MR) is 88.8 cm³/mol. The molecule has 1 aromatic rings. The van der Waals surface area contributed by atoms with Gasteiger partial charge in [0.25, 0.3) is 0 Å².